The zero-order valence-corrected chi connectivity index (χ0v) is 18.3. The molecule has 0 radical (unpaired) electrons. The van der Waals surface area contributed by atoms with Crippen LogP contribution in [0, 0.1) is 0 Å². The number of ether oxygens (including phenoxy) is 1. The van der Waals surface area contributed by atoms with Crippen LogP contribution in [0.4, 0.5) is 13.2 Å². The van der Waals surface area contributed by atoms with Crippen molar-refractivity contribution in [2.45, 2.75) is 38.6 Å². The van der Waals surface area contributed by atoms with Gasteiger partial charge in [0.15, 0.2) is 5.96 Å². The lowest BCUT2D eigenvalue weighted by atomic mass is 10.2. The first kappa shape index (κ1) is 24.3. The van der Waals surface area contributed by atoms with E-state index in [1.165, 1.54) is 6.07 Å². The van der Waals surface area contributed by atoms with Gasteiger partial charge in [0.25, 0.3) is 0 Å². The molecule has 0 spiro atoms. The summed E-state index contributed by atoms with van der Waals surface area (Å²) in [4.78, 5) is 9.02. The quantitative estimate of drug-likeness (QED) is 0.492. The summed E-state index contributed by atoms with van der Waals surface area (Å²) >= 11 is 0. The summed E-state index contributed by atoms with van der Waals surface area (Å²) in [6.45, 7) is 9.57. The highest BCUT2D eigenvalue weighted by molar-refractivity contribution is 5.79. The highest BCUT2D eigenvalue weighted by Crippen LogP contribution is 2.31. The third-order valence-corrected chi connectivity index (χ3v) is 5.37. The van der Waals surface area contributed by atoms with E-state index in [0.717, 1.165) is 44.9 Å². The summed E-state index contributed by atoms with van der Waals surface area (Å²) in [5.41, 5.74) is -0.710. The molecule has 0 aromatic heterocycles. The average molecular weight is 430 g/mol. The molecular formula is C21H34F3N5O. The topological polar surface area (TPSA) is 52.1 Å². The van der Waals surface area contributed by atoms with Crippen LogP contribution in [-0.4, -0.2) is 81.3 Å². The summed E-state index contributed by atoms with van der Waals surface area (Å²) in [6, 6.07) is 5.36. The highest BCUT2D eigenvalue weighted by atomic mass is 19.4. The van der Waals surface area contributed by atoms with Crippen LogP contribution < -0.4 is 15.4 Å². The van der Waals surface area contributed by atoms with Crippen LogP contribution in [0.15, 0.2) is 29.3 Å². The van der Waals surface area contributed by atoms with Crippen LogP contribution in [0.3, 0.4) is 0 Å². The number of nitrogens with zero attached hydrogens (tertiary/aromatic N) is 3. The minimum Gasteiger partial charge on any atom is -0.489 e. The van der Waals surface area contributed by atoms with Crippen LogP contribution in [0.5, 0.6) is 5.75 Å². The Morgan fingerprint density at radius 2 is 1.83 bits per heavy atom. The van der Waals surface area contributed by atoms with Gasteiger partial charge in [-0.25, -0.2) is 0 Å². The first-order chi connectivity index (χ1) is 14.2. The van der Waals surface area contributed by atoms with Gasteiger partial charge in [-0.2, -0.15) is 13.2 Å². The lowest BCUT2D eigenvalue weighted by Gasteiger charge is -2.36. The molecule has 1 saturated heterocycles. The molecule has 1 aliphatic heterocycles. The Labute approximate surface area is 177 Å². The predicted molar refractivity (Wildman–Crippen MR) is 114 cm³/mol. The summed E-state index contributed by atoms with van der Waals surface area (Å²) in [5, 5.41) is 6.55. The highest BCUT2D eigenvalue weighted by Gasteiger charge is 2.30. The summed E-state index contributed by atoms with van der Waals surface area (Å²) < 4.78 is 44.4. The number of aliphatic imine (C=N–C) groups is 1. The van der Waals surface area contributed by atoms with E-state index in [0.29, 0.717) is 25.0 Å². The SMILES string of the molecule is CCC(CNC(=NC)NCC(C)N1CCN(C)CC1)Oc1cccc(C(F)(F)F)c1. The van der Waals surface area contributed by atoms with Crippen LogP contribution in [-0.2, 0) is 6.18 Å². The number of guanidine groups is 1. The van der Waals surface area contributed by atoms with Gasteiger partial charge in [-0.3, -0.25) is 9.89 Å². The van der Waals surface area contributed by atoms with Gasteiger partial charge in [0.05, 0.1) is 12.1 Å². The average Bonchev–Trinajstić information content (AvgIpc) is 2.72. The minimum atomic E-state index is -4.38. The Morgan fingerprint density at radius 3 is 2.43 bits per heavy atom. The smallest absolute Gasteiger partial charge is 0.416 e. The van der Waals surface area contributed by atoms with Gasteiger partial charge in [0.2, 0.25) is 0 Å². The van der Waals surface area contributed by atoms with Crippen molar-refractivity contribution in [1.82, 2.24) is 20.4 Å². The van der Waals surface area contributed by atoms with Gasteiger partial charge >= 0.3 is 6.18 Å². The maximum atomic E-state index is 12.9. The molecule has 2 N–H and O–H groups in total. The van der Waals surface area contributed by atoms with Gasteiger partial charge in [-0.05, 0) is 38.6 Å². The second-order valence-corrected chi connectivity index (χ2v) is 7.70. The fourth-order valence-corrected chi connectivity index (χ4v) is 3.27. The molecule has 2 atom stereocenters. The summed E-state index contributed by atoms with van der Waals surface area (Å²) in [7, 11) is 3.84. The zero-order valence-electron chi connectivity index (χ0n) is 18.3. The molecule has 2 unspecified atom stereocenters. The first-order valence-electron chi connectivity index (χ1n) is 10.4. The molecule has 1 fully saturated rings. The lowest BCUT2D eigenvalue weighted by molar-refractivity contribution is -0.137. The van der Waals surface area contributed by atoms with Crippen molar-refractivity contribution in [3.8, 4) is 5.75 Å². The van der Waals surface area contributed by atoms with Crippen LogP contribution in [0.1, 0.15) is 25.8 Å². The maximum Gasteiger partial charge on any atom is 0.416 e. The number of nitrogens with one attached hydrogen (secondary N) is 2. The predicted octanol–water partition coefficient (Wildman–Crippen LogP) is 2.66. The maximum absolute atomic E-state index is 12.9. The monoisotopic (exact) mass is 429 g/mol. The molecule has 9 heteroatoms. The van der Waals surface area contributed by atoms with Crippen LogP contribution in [0.25, 0.3) is 0 Å². The third-order valence-electron chi connectivity index (χ3n) is 5.37. The number of rotatable bonds is 8. The second kappa shape index (κ2) is 11.4. The van der Waals surface area contributed by atoms with Crippen LogP contribution in [0.2, 0.25) is 0 Å². The molecule has 0 amide bonds. The first-order valence-corrected chi connectivity index (χ1v) is 10.4. The Morgan fingerprint density at radius 1 is 1.17 bits per heavy atom. The standard InChI is InChI=1S/C21H34F3N5O/c1-5-18(30-19-8-6-7-17(13-19)21(22,23)24)15-27-20(25-3)26-14-16(2)29-11-9-28(4)10-12-29/h6-8,13,16,18H,5,9-12,14-15H2,1-4H3,(H2,25,26,27). The van der Waals surface area contributed by atoms with Crippen molar-refractivity contribution in [3.63, 3.8) is 0 Å². The second-order valence-electron chi connectivity index (χ2n) is 7.70. The van der Waals surface area contributed by atoms with Gasteiger partial charge < -0.3 is 20.3 Å². The summed E-state index contributed by atoms with van der Waals surface area (Å²) in [5.74, 6) is 0.868. The van der Waals surface area contributed by atoms with Gasteiger partial charge in [-0.1, -0.05) is 13.0 Å². The van der Waals surface area contributed by atoms with Crippen molar-refractivity contribution in [1.29, 1.82) is 0 Å². The van der Waals surface area contributed by atoms with E-state index < -0.39 is 11.7 Å². The number of alkyl halides is 3. The van der Waals surface area contributed by atoms with E-state index in [4.69, 9.17) is 4.74 Å². The van der Waals surface area contributed by atoms with E-state index in [1.807, 2.05) is 6.92 Å². The Balaban J connectivity index is 1.81. The molecule has 1 heterocycles. The molecule has 0 saturated carbocycles. The van der Waals surface area contributed by atoms with Gasteiger partial charge in [-0.15, -0.1) is 0 Å². The zero-order chi connectivity index (χ0) is 22.1. The van der Waals surface area contributed by atoms with Crippen LogP contribution >= 0.6 is 0 Å². The van der Waals surface area contributed by atoms with Crippen molar-refractivity contribution < 1.29 is 17.9 Å². The molecular weight excluding hydrogens is 395 g/mol. The van der Waals surface area contributed by atoms with Gasteiger partial charge in [0, 0.05) is 45.8 Å². The third kappa shape index (κ3) is 7.68. The van der Waals surface area contributed by atoms with E-state index >= 15 is 0 Å². The summed E-state index contributed by atoms with van der Waals surface area (Å²) in [6.07, 6.45) is -4.01. The molecule has 30 heavy (non-hydrogen) atoms. The molecule has 0 bridgehead atoms. The van der Waals surface area contributed by atoms with Crippen molar-refractivity contribution in [2.75, 3.05) is 53.4 Å². The number of hydrogen-bond acceptors (Lipinski definition) is 4. The van der Waals surface area contributed by atoms with Gasteiger partial charge in [0.1, 0.15) is 11.9 Å². The van der Waals surface area contributed by atoms with Crippen molar-refractivity contribution in [3.05, 3.63) is 29.8 Å². The Hall–Kier alpha value is -2.00. The fraction of sp³-hybridized carbons (Fsp3) is 0.667. The van der Waals surface area contributed by atoms with E-state index in [-0.39, 0.29) is 11.9 Å². The van der Waals surface area contributed by atoms with Crippen molar-refractivity contribution >= 4 is 5.96 Å². The minimum absolute atomic E-state index is 0.213. The lowest BCUT2D eigenvalue weighted by Crippen LogP contribution is -2.52. The van der Waals surface area contributed by atoms with E-state index in [1.54, 1.807) is 13.1 Å². The fourth-order valence-electron chi connectivity index (χ4n) is 3.27. The largest absolute Gasteiger partial charge is 0.489 e. The number of benzene rings is 1. The van der Waals surface area contributed by atoms with E-state index in [2.05, 4.69) is 39.4 Å². The molecule has 2 rings (SSSR count). The number of likely N-dealkylation sites (N-methyl/N-ethyl adjacent to an activating group) is 1. The molecule has 170 valence electrons. The Bertz CT molecular complexity index is 675. The number of hydrogen-bond donors (Lipinski definition) is 2. The van der Waals surface area contributed by atoms with E-state index in [9.17, 15) is 13.2 Å². The number of halogens is 3. The number of piperazine rings is 1. The molecule has 6 nitrogen and oxygen atoms in total. The normalized spacial score (nSPS) is 18.7. The Kier molecular flexibility index (Phi) is 9.23. The molecule has 1 aromatic carbocycles. The molecule has 0 aliphatic carbocycles. The molecule has 1 aromatic rings. The molecule has 1 aliphatic rings. The van der Waals surface area contributed by atoms with Crippen molar-refractivity contribution in [2.24, 2.45) is 4.99 Å².